The lowest BCUT2D eigenvalue weighted by Gasteiger charge is -2.14. The van der Waals surface area contributed by atoms with Crippen molar-refractivity contribution in [1.29, 1.82) is 0 Å². The van der Waals surface area contributed by atoms with E-state index in [0.29, 0.717) is 24.8 Å². The molecule has 4 nitrogen and oxygen atoms in total. The summed E-state index contributed by atoms with van der Waals surface area (Å²) in [7, 11) is 0. The highest BCUT2D eigenvalue weighted by atomic mass is 127. The van der Waals surface area contributed by atoms with Gasteiger partial charge in [-0.3, -0.25) is 0 Å². The van der Waals surface area contributed by atoms with E-state index in [0.717, 1.165) is 21.2 Å². The lowest BCUT2D eigenvalue weighted by atomic mass is 10.2. The van der Waals surface area contributed by atoms with Crippen LogP contribution in [0.4, 0.5) is 0 Å². The summed E-state index contributed by atoms with van der Waals surface area (Å²) >= 11 is 2.26. The minimum absolute atomic E-state index is 0.445. The minimum Gasteiger partial charge on any atom is -0.482 e. The number of rotatable bonds is 7. The van der Waals surface area contributed by atoms with Crippen LogP contribution < -0.4 is 9.47 Å². The lowest BCUT2D eigenvalue weighted by Crippen LogP contribution is -2.05. The fourth-order valence-electron chi connectivity index (χ4n) is 2.19. The zero-order valence-corrected chi connectivity index (χ0v) is 15.2. The van der Waals surface area contributed by atoms with Gasteiger partial charge in [-0.2, -0.15) is 4.98 Å². The summed E-state index contributed by atoms with van der Waals surface area (Å²) in [5.74, 6) is 1.10. The molecule has 122 valence electrons. The highest BCUT2D eigenvalue weighted by molar-refractivity contribution is 14.1. The number of nitrogens with zero attached hydrogens (tertiary/aromatic N) is 2. The molecule has 0 N–H and O–H groups in total. The predicted molar refractivity (Wildman–Crippen MR) is 101 cm³/mol. The normalized spacial score (nSPS) is 10.4. The number of halogens is 1. The Morgan fingerprint density at radius 3 is 1.92 bits per heavy atom. The third-order valence-electron chi connectivity index (χ3n) is 3.42. The molecule has 1 aromatic heterocycles. The molecule has 24 heavy (non-hydrogen) atoms. The van der Waals surface area contributed by atoms with E-state index in [4.69, 9.17) is 9.47 Å². The summed E-state index contributed by atoms with van der Waals surface area (Å²) < 4.78 is 12.6. The Morgan fingerprint density at radius 2 is 1.33 bits per heavy atom. The zero-order chi connectivity index (χ0) is 16.6. The van der Waals surface area contributed by atoms with Crippen molar-refractivity contribution in [3.05, 3.63) is 83.8 Å². The highest BCUT2D eigenvalue weighted by Gasteiger charge is 2.14. The summed E-state index contributed by atoms with van der Waals surface area (Å²) in [6, 6.07) is 20.0. The van der Waals surface area contributed by atoms with E-state index in [1.165, 1.54) is 6.33 Å². The molecule has 0 amide bonds. The third-order valence-corrected chi connectivity index (χ3v) is 4.14. The van der Waals surface area contributed by atoms with Gasteiger partial charge in [-0.05, 0) is 11.1 Å². The molecule has 0 atom stereocenters. The summed E-state index contributed by atoms with van der Waals surface area (Å²) in [6.07, 6.45) is 1.52. The first-order valence-electron chi connectivity index (χ1n) is 7.60. The maximum atomic E-state index is 5.98. The van der Waals surface area contributed by atoms with Gasteiger partial charge in [0.25, 0.3) is 5.88 Å². The van der Waals surface area contributed by atoms with Crippen LogP contribution in [-0.2, 0) is 17.6 Å². The van der Waals surface area contributed by atoms with E-state index < -0.39 is 0 Å². The van der Waals surface area contributed by atoms with E-state index in [2.05, 4.69) is 32.6 Å². The number of alkyl halides is 1. The molecular formula is C19H17IN2O2. The third kappa shape index (κ3) is 4.44. The standard InChI is InChI=1S/C19H17IN2O2/c20-11-17-18(23-12-15-7-3-1-4-8-15)19(22-14-21-17)24-13-16-9-5-2-6-10-16/h1-10,14H,11-13H2. The van der Waals surface area contributed by atoms with E-state index >= 15 is 0 Å². The van der Waals surface area contributed by atoms with Gasteiger partial charge in [0.05, 0.1) is 5.69 Å². The van der Waals surface area contributed by atoms with Crippen molar-refractivity contribution >= 4 is 22.6 Å². The molecule has 0 fully saturated rings. The minimum atomic E-state index is 0.445. The van der Waals surface area contributed by atoms with Crippen molar-refractivity contribution in [2.75, 3.05) is 0 Å². The molecule has 1 heterocycles. The Labute approximate surface area is 155 Å². The fraction of sp³-hybridized carbons (Fsp3) is 0.158. The van der Waals surface area contributed by atoms with Crippen molar-refractivity contribution in [3.63, 3.8) is 0 Å². The van der Waals surface area contributed by atoms with E-state index in [9.17, 15) is 0 Å². The lowest BCUT2D eigenvalue weighted by molar-refractivity contribution is 0.244. The Bertz CT molecular complexity index is 767. The van der Waals surface area contributed by atoms with Crippen LogP contribution in [-0.4, -0.2) is 9.97 Å². The second-order valence-corrected chi connectivity index (χ2v) is 5.90. The maximum absolute atomic E-state index is 5.98. The number of benzene rings is 2. The molecule has 2 aromatic carbocycles. The Morgan fingerprint density at radius 1 is 0.750 bits per heavy atom. The van der Waals surface area contributed by atoms with Crippen LogP contribution in [0.15, 0.2) is 67.0 Å². The number of hydrogen-bond acceptors (Lipinski definition) is 4. The number of ether oxygens (including phenoxy) is 2. The molecule has 0 aliphatic rings. The number of hydrogen-bond donors (Lipinski definition) is 0. The summed E-state index contributed by atoms with van der Waals surface area (Å²) in [6.45, 7) is 0.903. The second kappa shape index (κ2) is 8.63. The quantitative estimate of drug-likeness (QED) is 0.406. The van der Waals surface area contributed by atoms with Gasteiger partial charge in [0.15, 0.2) is 0 Å². The molecule has 3 aromatic rings. The van der Waals surface area contributed by atoms with Gasteiger partial charge < -0.3 is 9.47 Å². The largest absolute Gasteiger partial charge is 0.482 e. The molecular weight excluding hydrogens is 415 g/mol. The van der Waals surface area contributed by atoms with E-state index in [-0.39, 0.29) is 0 Å². The first kappa shape index (κ1) is 16.7. The van der Waals surface area contributed by atoms with E-state index in [1.54, 1.807) is 0 Å². The average Bonchev–Trinajstić information content (AvgIpc) is 2.66. The zero-order valence-electron chi connectivity index (χ0n) is 13.1. The van der Waals surface area contributed by atoms with Crippen molar-refractivity contribution in [3.8, 4) is 11.6 Å². The fourth-order valence-corrected chi connectivity index (χ4v) is 2.73. The first-order valence-corrected chi connectivity index (χ1v) is 9.12. The van der Waals surface area contributed by atoms with Gasteiger partial charge >= 0.3 is 0 Å². The van der Waals surface area contributed by atoms with Gasteiger partial charge in [-0.1, -0.05) is 83.3 Å². The maximum Gasteiger partial charge on any atom is 0.260 e. The smallest absolute Gasteiger partial charge is 0.260 e. The molecule has 0 radical (unpaired) electrons. The molecule has 0 unspecified atom stereocenters. The highest BCUT2D eigenvalue weighted by Crippen LogP contribution is 2.30. The van der Waals surface area contributed by atoms with Crippen molar-refractivity contribution < 1.29 is 9.47 Å². The van der Waals surface area contributed by atoms with Crippen LogP contribution in [0.25, 0.3) is 0 Å². The van der Waals surface area contributed by atoms with Crippen LogP contribution in [0.1, 0.15) is 16.8 Å². The SMILES string of the molecule is ICc1ncnc(OCc2ccccc2)c1OCc1ccccc1. The molecule has 0 saturated heterocycles. The van der Waals surface area contributed by atoms with Gasteiger partial charge in [0, 0.05) is 4.43 Å². The van der Waals surface area contributed by atoms with Gasteiger partial charge in [-0.15, -0.1) is 0 Å². The Hall–Kier alpha value is -2.15. The van der Waals surface area contributed by atoms with E-state index in [1.807, 2.05) is 60.7 Å². The van der Waals surface area contributed by atoms with Crippen LogP contribution in [0.5, 0.6) is 11.6 Å². The van der Waals surface area contributed by atoms with Crippen molar-refractivity contribution in [2.45, 2.75) is 17.6 Å². The summed E-state index contributed by atoms with van der Waals surface area (Å²) in [5, 5.41) is 0. The Balaban J connectivity index is 1.75. The molecule has 0 saturated carbocycles. The summed E-state index contributed by atoms with van der Waals surface area (Å²) in [4.78, 5) is 8.55. The van der Waals surface area contributed by atoms with Gasteiger partial charge in [-0.25, -0.2) is 4.98 Å². The molecule has 0 aliphatic carbocycles. The van der Waals surface area contributed by atoms with Crippen molar-refractivity contribution in [1.82, 2.24) is 9.97 Å². The Kier molecular flexibility index (Phi) is 6.01. The monoisotopic (exact) mass is 432 g/mol. The molecule has 5 heteroatoms. The van der Waals surface area contributed by atoms with Crippen LogP contribution in [0, 0.1) is 0 Å². The predicted octanol–water partition coefficient (Wildman–Crippen LogP) is 4.57. The first-order chi connectivity index (χ1) is 11.9. The second-order valence-electron chi connectivity index (χ2n) is 5.14. The summed E-state index contributed by atoms with van der Waals surface area (Å²) in [5.41, 5.74) is 3.01. The van der Waals surface area contributed by atoms with Crippen LogP contribution in [0.3, 0.4) is 0 Å². The molecule has 3 rings (SSSR count). The van der Waals surface area contributed by atoms with Gasteiger partial charge in [0.2, 0.25) is 5.75 Å². The van der Waals surface area contributed by atoms with Gasteiger partial charge in [0.1, 0.15) is 19.5 Å². The van der Waals surface area contributed by atoms with Crippen LogP contribution >= 0.6 is 22.6 Å². The molecule has 0 aliphatic heterocycles. The topological polar surface area (TPSA) is 44.2 Å². The molecule has 0 spiro atoms. The average molecular weight is 432 g/mol. The van der Waals surface area contributed by atoms with Crippen molar-refractivity contribution in [2.24, 2.45) is 0 Å². The number of aromatic nitrogens is 2. The molecule has 0 bridgehead atoms. The van der Waals surface area contributed by atoms with Crippen LogP contribution in [0.2, 0.25) is 0 Å².